The van der Waals surface area contributed by atoms with Crippen LogP contribution in [0.4, 0.5) is 11.4 Å². The normalized spacial score (nSPS) is 30.5. The molecule has 7 heterocycles. The molecule has 4 aromatic rings. The molecule has 7 aliphatic rings. The highest BCUT2D eigenvalue weighted by molar-refractivity contribution is 6.13. The third-order valence-electron chi connectivity index (χ3n) is 20.8. The molecule has 2 bridgehead atoms. The number of piperidine rings is 1. The summed E-state index contributed by atoms with van der Waals surface area (Å²) < 4.78 is 12.0. The zero-order valence-electron chi connectivity index (χ0n) is 49.2. The van der Waals surface area contributed by atoms with E-state index < -0.39 is 61.8 Å². The zero-order chi connectivity index (χ0) is 59.8. The van der Waals surface area contributed by atoms with Crippen molar-refractivity contribution in [3.63, 3.8) is 0 Å². The van der Waals surface area contributed by atoms with Crippen molar-refractivity contribution in [2.75, 3.05) is 64.9 Å². The van der Waals surface area contributed by atoms with Crippen LogP contribution in [0.5, 0.6) is 5.75 Å². The van der Waals surface area contributed by atoms with E-state index in [2.05, 4.69) is 52.9 Å². The van der Waals surface area contributed by atoms with Crippen LogP contribution in [0.15, 0.2) is 77.8 Å². The predicted molar refractivity (Wildman–Crippen MR) is 315 cm³/mol. The van der Waals surface area contributed by atoms with Gasteiger partial charge in [0.05, 0.1) is 42.0 Å². The molecule has 3 fully saturated rings. The maximum Gasteiger partial charge on any atom is 0.340 e. The molecule has 19 nitrogen and oxygen atoms in total. The molecule has 1 saturated carbocycles. The maximum atomic E-state index is 14.4. The van der Waals surface area contributed by atoms with Crippen LogP contribution in [-0.4, -0.2) is 160 Å². The Morgan fingerprint density at radius 2 is 1.73 bits per heavy atom. The minimum absolute atomic E-state index is 0.0467. The lowest BCUT2D eigenvalue weighted by atomic mass is 9.45. The highest BCUT2D eigenvalue weighted by Crippen LogP contribution is 2.69. The van der Waals surface area contributed by atoms with Crippen molar-refractivity contribution in [2.24, 2.45) is 22.2 Å². The van der Waals surface area contributed by atoms with Gasteiger partial charge in [-0.25, -0.2) is 4.79 Å². The minimum Gasteiger partial charge on any atom is -0.496 e. The van der Waals surface area contributed by atoms with Gasteiger partial charge in [-0.2, -0.15) is 0 Å². The number of esters is 1. The number of ether oxygens (including phenoxy) is 2. The van der Waals surface area contributed by atoms with E-state index in [-0.39, 0.29) is 61.1 Å². The number of carbonyl (C=O) groups is 6. The van der Waals surface area contributed by atoms with E-state index in [0.29, 0.717) is 107 Å². The third-order valence-corrected chi connectivity index (χ3v) is 20.8. The largest absolute Gasteiger partial charge is 0.496 e. The molecule has 444 valence electrons. The maximum absolute atomic E-state index is 14.4. The first-order valence-electron chi connectivity index (χ1n) is 29.8. The lowest BCUT2D eigenvalue weighted by Crippen LogP contribution is -2.78. The summed E-state index contributed by atoms with van der Waals surface area (Å²) >= 11 is 0. The number of anilines is 1. The lowest BCUT2D eigenvalue weighted by Gasteiger charge is -2.63. The summed E-state index contributed by atoms with van der Waals surface area (Å²) in [5.74, 6) is -2.18. The van der Waals surface area contributed by atoms with Gasteiger partial charge in [-0.3, -0.25) is 53.8 Å². The van der Waals surface area contributed by atoms with Gasteiger partial charge in [0.25, 0.3) is 17.5 Å². The van der Waals surface area contributed by atoms with Gasteiger partial charge in [0.2, 0.25) is 6.41 Å². The van der Waals surface area contributed by atoms with Crippen molar-refractivity contribution < 1.29 is 53.4 Å². The number of hydrogen-bond acceptors (Lipinski definition) is 15. The average Bonchev–Trinajstić information content (AvgIpc) is 1.46. The van der Waals surface area contributed by atoms with Crippen LogP contribution in [0.3, 0.4) is 0 Å². The lowest BCUT2D eigenvalue weighted by molar-refractivity contribution is -0.385. The van der Waals surface area contributed by atoms with E-state index in [0.717, 1.165) is 56.7 Å². The number of H-pyrrole nitrogens is 1. The Bertz CT molecular complexity index is 3480. The van der Waals surface area contributed by atoms with Crippen molar-refractivity contribution >= 4 is 63.7 Å². The molecule has 1 aromatic heterocycles. The van der Waals surface area contributed by atoms with Gasteiger partial charge >= 0.3 is 5.97 Å². The molecule has 0 radical (unpaired) electrons. The number of unbranched alkanes of at least 4 members (excludes halogenated alkanes) is 2. The Labute approximate surface area is 489 Å². The monoisotopic (exact) mass is 1150 g/mol. The number of amides is 3. The van der Waals surface area contributed by atoms with Crippen molar-refractivity contribution in [3.8, 4) is 5.75 Å². The fourth-order valence-electron chi connectivity index (χ4n) is 16.8. The molecule has 10 atom stereocenters. The molecular weight excluding hydrogens is 1070 g/mol. The van der Waals surface area contributed by atoms with E-state index in [9.17, 15) is 49.1 Å². The average molecular weight is 1150 g/mol. The topological polar surface area (TPSA) is 246 Å². The fraction of sp³-hybridized carbons (Fsp3) is 0.523. The second-order valence-corrected chi connectivity index (χ2v) is 25.1. The molecule has 11 rings (SSSR count). The third kappa shape index (κ3) is 9.26. The summed E-state index contributed by atoms with van der Waals surface area (Å²) in [6.45, 7) is 13.4. The number of aromatic nitrogens is 1. The molecule has 3 aromatic carbocycles. The summed E-state index contributed by atoms with van der Waals surface area (Å²) in [4.78, 5) is 107. The Kier molecular flexibility index (Phi) is 15.4. The molecule has 19 heteroatoms. The highest BCUT2D eigenvalue weighted by atomic mass is 16.6. The number of aromatic amines is 1. The summed E-state index contributed by atoms with van der Waals surface area (Å²) in [5.41, 5.74) is 1.11. The molecule has 2 saturated heterocycles. The van der Waals surface area contributed by atoms with Crippen LogP contribution < -0.4 is 9.64 Å². The standard InChI is InChI=1S/C65H77N7O12/c1-8-62(79)34-42-33-61(5,49-31-48-52(32-54(49)83-6)71(38-73)59-64(48)23-27-69-24-13-22-63(9-2,58(64)69)40(4)65(59,80)60(78)84-7)57-45(21-26-68(36-42)37-62)47-30-43(16-18-50(47)67-57)39(3)66-35-53(75)46-17-15-41(29-51(46)72(81)82)28-44(74)14-11-10-12-25-70-55(76)19-20-56(70)77/h13,15-20,22,29-32,38,40,42,58-59,67,79-80H,8-12,14,21,23-28,33-37H2,1-7H3/t40-,42+,58+,59-,61-,62+,63+,64-,65-/m1/s1. The van der Waals surface area contributed by atoms with Gasteiger partial charge in [-0.1, -0.05) is 51.5 Å². The van der Waals surface area contributed by atoms with E-state index in [4.69, 9.17) is 14.5 Å². The second-order valence-electron chi connectivity index (χ2n) is 25.1. The number of nitrogens with zero attached hydrogens (tertiary/aromatic N) is 6. The van der Waals surface area contributed by atoms with Crippen molar-refractivity contribution in [3.05, 3.63) is 122 Å². The number of hydrogen-bond donors (Lipinski definition) is 3. The Morgan fingerprint density at radius 3 is 2.43 bits per heavy atom. The summed E-state index contributed by atoms with van der Waals surface area (Å²) in [7, 11) is 2.92. The van der Waals surface area contributed by atoms with Crippen LogP contribution in [0, 0.1) is 27.4 Å². The quantitative estimate of drug-likeness (QED) is 0.00963. The van der Waals surface area contributed by atoms with Crippen LogP contribution in [-0.2, 0) is 52.4 Å². The second kappa shape index (κ2) is 22.0. The first-order valence-corrected chi connectivity index (χ1v) is 29.8. The van der Waals surface area contributed by atoms with Crippen LogP contribution in [0.2, 0.25) is 0 Å². The molecule has 84 heavy (non-hydrogen) atoms. The number of imide groups is 1. The van der Waals surface area contributed by atoms with Gasteiger partial charge < -0.3 is 29.6 Å². The number of carbonyl (C=O) groups excluding carboxylic acids is 6. The Balaban J connectivity index is 0.931. The molecular formula is C65H77N7O12. The van der Waals surface area contributed by atoms with Gasteiger partial charge in [-0.15, -0.1) is 0 Å². The van der Waals surface area contributed by atoms with Crippen LogP contribution >= 0.6 is 0 Å². The number of aliphatic imine (C=N–C) groups is 1. The van der Waals surface area contributed by atoms with Gasteiger partial charge in [0, 0.05) is 126 Å². The number of Topliss-reactive ketones (excluding diaryl/α,β-unsaturated/α-hetero) is 2. The van der Waals surface area contributed by atoms with E-state index in [1.165, 1.54) is 31.4 Å². The number of ketones is 2. The SMILES string of the molecule is CC[C@]1(O)C[C@H]2CN(CCc3c([nH]c4ccc(C(C)=NCC(=O)c5ccc(CC(=O)CCCCCN6C(=O)C=CC6=O)cc5[N+](=O)[O-])cc34)[C@@](C)(c3cc4c(cc3OC)N(C=O)[C@H]3[C@@](O)(C(=O)OC)[C@H](C)[C@]5(CC)C=CCN6CC[C@]43[C@@H]65)C2)C1. The van der Waals surface area contributed by atoms with E-state index in [1.807, 2.05) is 39.0 Å². The molecule has 6 aliphatic heterocycles. The zero-order valence-corrected chi connectivity index (χ0v) is 49.2. The molecule has 3 N–H and O–H groups in total. The van der Waals surface area contributed by atoms with Gasteiger partial charge in [0.15, 0.2) is 11.4 Å². The van der Waals surface area contributed by atoms with Crippen LogP contribution in [0.25, 0.3) is 10.9 Å². The molecule has 3 amide bonds. The number of aliphatic hydroxyl groups is 2. The number of methoxy groups -OCH3 is 2. The summed E-state index contributed by atoms with van der Waals surface area (Å²) in [6, 6.07) is 13.3. The Morgan fingerprint density at radius 1 is 0.952 bits per heavy atom. The van der Waals surface area contributed by atoms with Gasteiger partial charge in [0.1, 0.15) is 18.1 Å². The minimum atomic E-state index is -2.08. The highest BCUT2D eigenvalue weighted by Gasteiger charge is 2.78. The fourth-order valence-corrected chi connectivity index (χ4v) is 16.8. The van der Waals surface area contributed by atoms with Crippen molar-refractivity contribution in [1.29, 1.82) is 0 Å². The number of nitro benzene ring substituents is 1. The summed E-state index contributed by atoms with van der Waals surface area (Å²) in [5, 5.41) is 38.9. The number of rotatable bonds is 19. The predicted octanol–water partition coefficient (Wildman–Crippen LogP) is 7.27. The number of benzene rings is 3. The van der Waals surface area contributed by atoms with Crippen LogP contribution in [0.1, 0.15) is 136 Å². The number of nitrogens with one attached hydrogen (secondary N) is 1. The van der Waals surface area contributed by atoms with Gasteiger partial charge in [-0.05, 0) is 124 Å². The Hall–Kier alpha value is -7.19. The molecule has 1 spiro atoms. The summed E-state index contributed by atoms with van der Waals surface area (Å²) in [6.07, 6.45) is 13.1. The number of fused-ring (bicyclic) bond motifs is 6. The molecule has 1 unspecified atom stereocenters. The number of nitro groups is 1. The van der Waals surface area contributed by atoms with E-state index in [1.54, 1.807) is 18.1 Å². The van der Waals surface area contributed by atoms with E-state index >= 15 is 0 Å². The smallest absolute Gasteiger partial charge is 0.340 e. The first kappa shape index (κ1) is 58.6. The van der Waals surface area contributed by atoms with Crippen molar-refractivity contribution in [2.45, 2.75) is 139 Å². The first-order chi connectivity index (χ1) is 40.1. The molecule has 1 aliphatic carbocycles. The van der Waals surface area contributed by atoms with Crippen molar-refractivity contribution in [1.82, 2.24) is 19.7 Å².